The molecule has 0 unspecified atom stereocenters. The van der Waals surface area contributed by atoms with Crippen molar-refractivity contribution in [3.8, 4) is 5.75 Å². The lowest BCUT2D eigenvalue weighted by Gasteiger charge is -2.24. The molecular weight excluding hydrogens is 514 g/mol. The molecule has 0 atom stereocenters. The van der Waals surface area contributed by atoms with Crippen LogP contribution >= 0.6 is 23.2 Å². The number of carbonyl (C=O) groups excluding carboxylic acids is 1. The number of nitrogens with zero attached hydrogens (tertiary/aromatic N) is 2. The highest BCUT2D eigenvalue weighted by atomic mass is 35.5. The molecule has 0 bridgehead atoms. The number of hydrogen-bond donors (Lipinski definition) is 1. The summed E-state index contributed by atoms with van der Waals surface area (Å²) in [7, 11) is -2.58. The number of sulfonamides is 1. The van der Waals surface area contributed by atoms with Gasteiger partial charge in [0, 0.05) is 36.8 Å². The van der Waals surface area contributed by atoms with Crippen LogP contribution in [0.3, 0.4) is 0 Å². The number of phenolic OH excluding ortho intramolecular Hbond substituents is 1. The van der Waals surface area contributed by atoms with Crippen LogP contribution in [0.15, 0.2) is 65.6 Å². The summed E-state index contributed by atoms with van der Waals surface area (Å²) in [6.07, 6.45) is 0. The molecule has 1 amide bonds. The monoisotopic (exact) mass is 538 g/mol. The van der Waals surface area contributed by atoms with E-state index in [1.165, 1.54) is 30.3 Å². The molecule has 0 spiro atoms. The SMILES string of the molecule is CC(C)N(C)C(=O)c1ccc(CN(Cc2ccc(F)cc2)S(=O)(=O)c2cc(Cl)cc(Cl)c2O)cc1. The normalized spacial score (nSPS) is 11.8. The largest absolute Gasteiger partial charge is 0.505 e. The molecular formula is C25H25Cl2FN2O4S. The highest BCUT2D eigenvalue weighted by Gasteiger charge is 2.29. The number of hydrogen-bond acceptors (Lipinski definition) is 4. The Hall–Kier alpha value is -2.65. The van der Waals surface area contributed by atoms with Crippen LogP contribution in [0, 0.1) is 5.82 Å². The zero-order chi connectivity index (χ0) is 25.9. The minimum atomic E-state index is -4.29. The van der Waals surface area contributed by atoms with Gasteiger partial charge in [-0.2, -0.15) is 4.31 Å². The first-order valence-corrected chi connectivity index (χ1v) is 12.9. The van der Waals surface area contributed by atoms with E-state index in [0.717, 1.165) is 10.4 Å². The lowest BCUT2D eigenvalue weighted by molar-refractivity contribution is 0.0755. The van der Waals surface area contributed by atoms with Gasteiger partial charge in [-0.25, -0.2) is 12.8 Å². The minimum Gasteiger partial charge on any atom is -0.505 e. The third-order valence-electron chi connectivity index (χ3n) is 5.54. The van der Waals surface area contributed by atoms with Crippen molar-refractivity contribution < 1.29 is 22.7 Å². The van der Waals surface area contributed by atoms with Crippen LogP contribution in [0.2, 0.25) is 10.0 Å². The van der Waals surface area contributed by atoms with Crippen LogP contribution in [0.25, 0.3) is 0 Å². The van der Waals surface area contributed by atoms with Gasteiger partial charge in [0.1, 0.15) is 10.7 Å². The van der Waals surface area contributed by atoms with E-state index in [1.54, 1.807) is 36.2 Å². The predicted octanol–water partition coefficient (Wildman–Crippen LogP) is 5.71. The number of halogens is 3. The second-order valence-corrected chi connectivity index (χ2v) is 11.1. The Labute approximate surface area is 214 Å². The van der Waals surface area contributed by atoms with Gasteiger partial charge in [0.2, 0.25) is 10.0 Å². The van der Waals surface area contributed by atoms with Crippen molar-refractivity contribution in [3.05, 3.63) is 93.2 Å². The van der Waals surface area contributed by atoms with Gasteiger partial charge in [0.05, 0.1) is 5.02 Å². The van der Waals surface area contributed by atoms with Crippen LogP contribution < -0.4 is 0 Å². The lowest BCUT2D eigenvalue weighted by atomic mass is 10.1. The molecule has 1 N–H and O–H groups in total. The predicted molar refractivity (Wildman–Crippen MR) is 135 cm³/mol. The molecule has 3 aromatic carbocycles. The number of phenols is 1. The number of rotatable bonds is 8. The molecule has 0 aliphatic heterocycles. The summed E-state index contributed by atoms with van der Waals surface area (Å²) in [5.74, 6) is -1.22. The summed E-state index contributed by atoms with van der Waals surface area (Å²) >= 11 is 12.0. The summed E-state index contributed by atoms with van der Waals surface area (Å²) in [5, 5.41) is 10.2. The second-order valence-electron chi connectivity index (χ2n) is 8.34. The fourth-order valence-corrected chi connectivity index (χ4v) is 5.45. The Balaban J connectivity index is 1.98. The molecule has 0 radical (unpaired) electrons. The number of amides is 1. The van der Waals surface area contributed by atoms with Crippen LogP contribution in [0.4, 0.5) is 4.39 Å². The highest BCUT2D eigenvalue weighted by molar-refractivity contribution is 7.89. The van der Waals surface area contributed by atoms with Crippen molar-refractivity contribution in [1.82, 2.24) is 9.21 Å². The van der Waals surface area contributed by atoms with Crippen molar-refractivity contribution in [3.63, 3.8) is 0 Å². The van der Waals surface area contributed by atoms with Gasteiger partial charge in [-0.05, 0) is 61.4 Å². The maximum atomic E-state index is 13.6. The van der Waals surface area contributed by atoms with Gasteiger partial charge in [-0.1, -0.05) is 47.5 Å². The second kappa shape index (κ2) is 11.0. The van der Waals surface area contributed by atoms with Gasteiger partial charge < -0.3 is 10.0 Å². The van der Waals surface area contributed by atoms with Crippen LogP contribution in [-0.2, 0) is 23.1 Å². The Morgan fingerprint density at radius 2 is 1.49 bits per heavy atom. The molecule has 0 fully saturated rings. The zero-order valence-electron chi connectivity index (χ0n) is 19.4. The topological polar surface area (TPSA) is 77.9 Å². The van der Waals surface area contributed by atoms with Gasteiger partial charge in [-0.15, -0.1) is 0 Å². The van der Waals surface area contributed by atoms with Gasteiger partial charge in [-0.3, -0.25) is 4.79 Å². The third-order valence-corrected chi connectivity index (χ3v) is 7.85. The first-order valence-electron chi connectivity index (χ1n) is 10.7. The van der Waals surface area contributed by atoms with E-state index in [1.807, 2.05) is 13.8 Å². The van der Waals surface area contributed by atoms with Crippen molar-refractivity contribution in [1.29, 1.82) is 0 Å². The summed E-state index contributed by atoms with van der Waals surface area (Å²) in [6.45, 7) is 3.62. The highest BCUT2D eigenvalue weighted by Crippen LogP contribution is 2.36. The molecule has 0 aliphatic carbocycles. The molecule has 6 nitrogen and oxygen atoms in total. The molecule has 3 aromatic rings. The molecule has 0 aromatic heterocycles. The van der Waals surface area contributed by atoms with Gasteiger partial charge in [0.15, 0.2) is 5.75 Å². The molecule has 3 rings (SSSR count). The Kier molecular flexibility index (Phi) is 8.43. The van der Waals surface area contributed by atoms with Crippen LogP contribution in [0.1, 0.15) is 35.3 Å². The van der Waals surface area contributed by atoms with Crippen LogP contribution in [0.5, 0.6) is 5.75 Å². The fourth-order valence-electron chi connectivity index (χ4n) is 3.29. The molecule has 0 saturated heterocycles. The lowest BCUT2D eigenvalue weighted by Crippen LogP contribution is -2.33. The average Bonchev–Trinajstić information content (AvgIpc) is 2.81. The Bertz CT molecular complexity index is 1310. The summed E-state index contributed by atoms with van der Waals surface area (Å²) in [4.78, 5) is 13.7. The fraction of sp³-hybridized carbons (Fsp3) is 0.240. The first-order chi connectivity index (χ1) is 16.4. The van der Waals surface area contributed by atoms with Crippen molar-refractivity contribution in [2.24, 2.45) is 0 Å². The standard InChI is InChI=1S/C25H25Cl2FN2O4S/c1-16(2)29(3)25(32)19-8-4-17(5-9-19)14-30(15-18-6-10-21(28)11-7-18)35(33,34)23-13-20(26)12-22(27)24(23)31/h4-13,16,31H,14-15H2,1-3H3. The molecule has 35 heavy (non-hydrogen) atoms. The van der Waals surface area contributed by atoms with E-state index in [4.69, 9.17) is 23.2 Å². The molecule has 0 heterocycles. The molecule has 0 aliphatic rings. The van der Waals surface area contributed by atoms with Crippen molar-refractivity contribution in [2.75, 3.05) is 7.05 Å². The van der Waals surface area contributed by atoms with E-state index in [0.29, 0.717) is 16.7 Å². The summed E-state index contributed by atoms with van der Waals surface area (Å²) in [5.41, 5.74) is 1.61. The number of benzene rings is 3. The zero-order valence-corrected chi connectivity index (χ0v) is 21.7. The van der Waals surface area contributed by atoms with Gasteiger partial charge >= 0.3 is 0 Å². The summed E-state index contributed by atoms with van der Waals surface area (Å²) in [6, 6.07) is 14.4. The smallest absolute Gasteiger partial charge is 0.253 e. The average molecular weight is 539 g/mol. The molecule has 186 valence electrons. The van der Waals surface area contributed by atoms with E-state index >= 15 is 0 Å². The van der Waals surface area contributed by atoms with E-state index < -0.39 is 26.5 Å². The maximum absolute atomic E-state index is 13.6. The van der Waals surface area contributed by atoms with Crippen molar-refractivity contribution >= 4 is 39.1 Å². The molecule has 10 heteroatoms. The Morgan fingerprint density at radius 1 is 0.971 bits per heavy atom. The van der Waals surface area contributed by atoms with E-state index in [9.17, 15) is 22.7 Å². The minimum absolute atomic E-state index is 0.0238. The van der Waals surface area contributed by atoms with Crippen LogP contribution in [-0.4, -0.2) is 41.7 Å². The molecule has 0 saturated carbocycles. The summed E-state index contributed by atoms with van der Waals surface area (Å²) < 4.78 is 41.7. The van der Waals surface area contributed by atoms with E-state index in [-0.39, 0.29) is 35.1 Å². The third kappa shape index (κ3) is 6.32. The van der Waals surface area contributed by atoms with Crippen molar-refractivity contribution in [2.45, 2.75) is 37.9 Å². The maximum Gasteiger partial charge on any atom is 0.253 e. The quantitative estimate of drug-likeness (QED) is 0.398. The van der Waals surface area contributed by atoms with Gasteiger partial charge in [0.25, 0.3) is 5.91 Å². The first kappa shape index (κ1) is 26.9. The number of carbonyl (C=O) groups is 1. The number of aromatic hydroxyl groups is 1. The van der Waals surface area contributed by atoms with E-state index in [2.05, 4.69) is 0 Å². The Morgan fingerprint density at radius 3 is 2.00 bits per heavy atom.